The van der Waals surface area contributed by atoms with Gasteiger partial charge in [-0.3, -0.25) is 4.79 Å². The summed E-state index contributed by atoms with van der Waals surface area (Å²) >= 11 is 0. The Labute approximate surface area is 110 Å². The SMILES string of the molecule is CCCC1CCC(C(=O)Cc2nccn2C)CC1. The van der Waals surface area contributed by atoms with Crippen molar-refractivity contribution in [3.8, 4) is 0 Å². The van der Waals surface area contributed by atoms with Crippen LogP contribution in [0.15, 0.2) is 12.4 Å². The molecule has 1 fully saturated rings. The third-order valence-corrected chi connectivity index (χ3v) is 4.25. The molecule has 3 nitrogen and oxygen atoms in total. The van der Waals surface area contributed by atoms with E-state index in [4.69, 9.17) is 0 Å². The molecule has 1 aliphatic rings. The molecule has 2 rings (SSSR count). The number of nitrogens with zero attached hydrogens (tertiary/aromatic N) is 2. The smallest absolute Gasteiger partial charge is 0.143 e. The predicted molar refractivity (Wildman–Crippen MR) is 72.3 cm³/mol. The van der Waals surface area contributed by atoms with E-state index in [1.54, 1.807) is 6.20 Å². The Hall–Kier alpha value is -1.12. The van der Waals surface area contributed by atoms with Gasteiger partial charge in [0, 0.05) is 25.4 Å². The summed E-state index contributed by atoms with van der Waals surface area (Å²) in [6.07, 6.45) is 11.4. The quantitative estimate of drug-likeness (QED) is 0.802. The fourth-order valence-electron chi connectivity index (χ4n) is 3.05. The van der Waals surface area contributed by atoms with E-state index in [9.17, 15) is 4.79 Å². The molecule has 1 heterocycles. The van der Waals surface area contributed by atoms with Gasteiger partial charge in [0.1, 0.15) is 11.6 Å². The monoisotopic (exact) mass is 248 g/mol. The van der Waals surface area contributed by atoms with E-state index < -0.39 is 0 Å². The summed E-state index contributed by atoms with van der Waals surface area (Å²) in [6, 6.07) is 0. The Kier molecular flexibility index (Phi) is 4.56. The molecule has 0 amide bonds. The van der Waals surface area contributed by atoms with Crippen LogP contribution in [0.1, 0.15) is 51.3 Å². The fourth-order valence-corrected chi connectivity index (χ4v) is 3.05. The highest BCUT2D eigenvalue weighted by Crippen LogP contribution is 2.32. The lowest BCUT2D eigenvalue weighted by Gasteiger charge is -2.27. The number of ketones is 1. The first-order chi connectivity index (χ1) is 8.70. The first-order valence-electron chi connectivity index (χ1n) is 7.19. The predicted octanol–water partition coefficient (Wildman–Crippen LogP) is 3.14. The van der Waals surface area contributed by atoms with Gasteiger partial charge in [-0.2, -0.15) is 0 Å². The number of hydrogen-bond acceptors (Lipinski definition) is 2. The molecule has 0 bridgehead atoms. The summed E-state index contributed by atoms with van der Waals surface area (Å²) < 4.78 is 1.95. The van der Waals surface area contributed by atoms with Gasteiger partial charge in [0.05, 0.1) is 6.42 Å². The maximum atomic E-state index is 12.2. The number of aryl methyl sites for hydroxylation is 1. The van der Waals surface area contributed by atoms with E-state index in [0.717, 1.165) is 24.6 Å². The number of carbonyl (C=O) groups is 1. The molecule has 0 saturated heterocycles. The molecule has 0 spiro atoms. The van der Waals surface area contributed by atoms with Crippen LogP contribution in [0.5, 0.6) is 0 Å². The molecule has 0 aliphatic heterocycles. The molecule has 1 aliphatic carbocycles. The lowest BCUT2D eigenvalue weighted by Crippen LogP contribution is -2.24. The second-order valence-corrected chi connectivity index (χ2v) is 5.60. The van der Waals surface area contributed by atoms with Crippen molar-refractivity contribution in [2.24, 2.45) is 18.9 Å². The van der Waals surface area contributed by atoms with Gasteiger partial charge in [0.2, 0.25) is 0 Å². The molecule has 1 aromatic heterocycles. The Bertz CT molecular complexity index is 389. The van der Waals surface area contributed by atoms with Crippen molar-refractivity contribution >= 4 is 5.78 Å². The Morgan fingerprint density at radius 3 is 2.67 bits per heavy atom. The Balaban J connectivity index is 1.83. The van der Waals surface area contributed by atoms with Crippen molar-refractivity contribution in [1.29, 1.82) is 0 Å². The average Bonchev–Trinajstić information content (AvgIpc) is 2.76. The molecule has 0 atom stereocenters. The largest absolute Gasteiger partial charge is 0.338 e. The number of rotatable bonds is 5. The number of carbonyl (C=O) groups excluding carboxylic acids is 1. The second-order valence-electron chi connectivity index (χ2n) is 5.60. The van der Waals surface area contributed by atoms with Crippen LogP contribution in [0.25, 0.3) is 0 Å². The highest BCUT2D eigenvalue weighted by atomic mass is 16.1. The van der Waals surface area contributed by atoms with Crippen LogP contribution in [0.2, 0.25) is 0 Å². The number of imidazole rings is 1. The van der Waals surface area contributed by atoms with E-state index in [1.807, 2.05) is 17.8 Å². The van der Waals surface area contributed by atoms with Gasteiger partial charge in [0.25, 0.3) is 0 Å². The molecule has 1 aromatic rings. The van der Waals surface area contributed by atoms with Gasteiger partial charge in [-0.15, -0.1) is 0 Å². The number of hydrogen-bond donors (Lipinski definition) is 0. The summed E-state index contributed by atoms with van der Waals surface area (Å²) in [4.78, 5) is 16.5. The first kappa shape index (κ1) is 13.3. The zero-order valence-corrected chi connectivity index (χ0v) is 11.6. The third-order valence-electron chi connectivity index (χ3n) is 4.25. The van der Waals surface area contributed by atoms with E-state index in [0.29, 0.717) is 12.2 Å². The fraction of sp³-hybridized carbons (Fsp3) is 0.733. The lowest BCUT2D eigenvalue weighted by atomic mass is 9.78. The van der Waals surface area contributed by atoms with Crippen LogP contribution in [0.4, 0.5) is 0 Å². The molecular formula is C15H24N2O. The Morgan fingerprint density at radius 2 is 2.11 bits per heavy atom. The third kappa shape index (κ3) is 3.21. The van der Waals surface area contributed by atoms with Crippen molar-refractivity contribution in [3.05, 3.63) is 18.2 Å². The summed E-state index contributed by atoms with van der Waals surface area (Å²) in [6.45, 7) is 2.25. The van der Waals surface area contributed by atoms with E-state index in [2.05, 4.69) is 11.9 Å². The molecular weight excluding hydrogens is 224 g/mol. The summed E-state index contributed by atoms with van der Waals surface area (Å²) in [5, 5.41) is 0. The standard InChI is InChI=1S/C15H24N2O/c1-3-4-12-5-7-13(8-6-12)14(18)11-15-16-9-10-17(15)2/h9-10,12-13H,3-8,11H2,1-2H3. The maximum absolute atomic E-state index is 12.2. The molecule has 0 aromatic carbocycles. The molecule has 100 valence electrons. The highest BCUT2D eigenvalue weighted by Gasteiger charge is 2.26. The average molecular weight is 248 g/mol. The van der Waals surface area contributed by atoms with E-state index in [1.165, 1.54) is 25.7 Å². The maximum Gasteiger partial charge on any atom is 0.143 e. The molecule has 0 unspecified atom stereocenters. The van der Waals surface area contributed by atoms with Crippen molar-refractivity contribution < 1.29 is 4.79 Å². The van der Waals surface area contributed by atoms with Gasteiger partial charge in [-0.1, -0.05) is 19.8 Å². The van der Waals surface area contributed by atoms with Gasteiger partial charge >= 0.3 is 0 Å². The molecule has 3 heteroatoms. The van der Waals surface area contributed by atoms with Crippen LogP contribution in [0, 0.1) is 11.8 Å². The number of aromatic nitrogens is 2. The minimum absolute atomic E-state index is 0.287. The minimum Gasteiger partial charge on any atom is -0.338 e. The van der Waals surface area contributed by atoms with Gasteiger partial charge < -0.3 is 4.57 Å². The minimum atomic E-state index is 0.287. The normalized spacial score (nSPS) is 24.1. The van der Waals surface area contributed by atoms with Crippen LogP contribution >= 0.6 is 0 Å². The van der Waals surface area contributed by atoms with E-state index >= 15 is 0 Å². The zero-order valence-electron chi connectivity index (χ0n) is 11.6. The van der Waals surface area contributed by atoms with Crippen LogP contribution in [-0.2, 0) is 18.3 Å². The van der Waals surface area contributed by atoms with Gasteiger partial charge in [-0.05, 0) is 31.6 Å². The molecule has 1 saturated carbocycles. The summed E-state index contributed by atoms with van der Waals surface area (Å²) in [7, 11) is 1.95. The van der Waals surface area contributed by atoms with Crippen molar-refractivity contribution in [1.82, 2.24) is 9.55 Å². The topological polar surface area (TPSA) is 34.9 Å². The van der Waals surface area contributed by atoms with Crippen LogP contribution < -0.4 is 0 Å². The highest BCUT2D eigenvalue weighted by molar-refractivity contribution is 5.82. The van der Waals surface area contributed by atoms with Crippen molar-refractivity contribution in [2.75, 3.05) is 0 Å². The van der Waals surface area contributed by atoms with Crippen LogP contribution in [-0.4, -0.2) is 15.3 Å². The summed E-state index contributed by atoms with van der Waals surface area (Å²) in [5.74, 6) is 2.44. The first-order valence-corrected chi connectivity index (χ1v) is 7.19. The Morgan fingerprint density at radius 1 is 1.39 bits per heavy atom. The summed E-state index contributed by atoms with van der Waals surface area (Å²) in [5.41, 5.74) is 0. The van der Waals surface area contributed by atoms with Crippen molar-refractivity contribution in [3.63, 3.8) is 0 Å². The lowest BCUT2D eigenvalue weighted by molar-refractivity contribution is -0.123. The number of Topliss-reactive ketones (excluding diaryl/α,β-unsaturated/α-hetero) is 1. The molecule has 0 N–H and O–H groups in total. The second kappa shape index (κ2) is 6.17. The molecule has 0 radical (unpaired) electrons. The zero-order chi connectivity index (χ0) is 13.0. The van der Waals surface area contributed by atoms with Gasteiger partial charge in [0.15, 0.2) is 0 Å². The van der Waals surface area contributed by atoms with Crippen LogP contribution in [0.3, 0.4) is 0 Å². The van der Waals surface area contributed by atoms with Crippen molar-refractivity contribution in [2.45, 2.75) is 51.9 Å². The molecule has 18 heavy (non-hydrogen) atoms. The van der Waals surface area contributed by atoms with E-state index in [-0.39, 0.29) is 5.92 Å². The van der Waals surface area contributed by atoms with Gasteiger partial charge in [-0.25, -0.2) is 4.98 Å².